The zero-order valence-electron chi connectivity index (χ0n) is 14.0. The third-order valence-electron chi connectivity index (χ3n) is 4.41. The molecule has 25 heavy (non-hydrogen) atoms. The highest BCUT2D eigenvalue weighted by Crippen LogP contribution is 2.15. The van der Waals surface area contributed by atoms with E-state index in [2.05, 4.69) is 4.90 Å². The number of nitrogens with zero attached hydrogens (tertiary/aromatic N) is 2. The van der Waals surface area contributed by atoms with Gasteiger partial charge in [-0.15, -0.1) is 11.3 Å². The van der Waals surface area contributed by atoms with Crippen molar-refractivity contribution < 1.29 is 9.59 Å². The van der Waals surface area contributed by atoms with Crippen LogP contribution >= 0.6 is 22.9 Å². The number of thiophene rings is 1. The van der Waals surface area contributed by atoms with Gasteiger partial charge in [0.05, 0.1) is 4.88 Å². The Bertz CT molecular complexity index is 708. The minimum absolute atomic E-state index is 0.0599. The van der Waals surface area contributed by atoms with E-state index in [4.69, 9.17) is 11.6 Å². The zero-order chi connectivity index (χ0) is 17.6. The Morgan fingerprint density at radius 2 is 1.72 bits per heavy atom. The van der Waals surface area contributed by atoms with E-state index >= 15 is 0 Å². The van der Waals surface area contributed by atoms with Crippen LogP contribution in [0.15, 0.2) is 41.8 Å². The molecule has 1 aromatic heterocycles. The van der Waals surface area contributed by atoms with Crippen molar-refractivity contribution in [3.05, 3.63) is 57.2 Å². The van der Waals surface area contributed by atoms with Crippen molar-refractivity contribution in [3.8, 4) is 0 Å². The highest BCUT2D eigenvalue weighted by Gasteiger charge is 2.21. The molecule has 2 heterocycles. The van der Waals surface area contributed by atoms with Crippen LogP contribution in [-0.4, -0.2) is 47.7 Å². The number of carbonyl (C=O) groups is 2. The number of piperazine rings is 1. The van der Waals surface area contributed by atoms with E-state index in [0.29, 0.717) is 12.8 Å². The fourth-order valence-electron chi connectivity index (χ4n) is 2.94. The molecule has 2 aromatic rings. The maximum atomic E-state index is 12.3. The number of hydrogen-bond donors (Lipinski definition) is 0. The van der Waals surface area contributed by atoms with Gasteiger partial charge >= 0.3 is 0 Å². The van der Waals surface area contributed by atoms with Crippen LogP contribution in [0.5, 0.6) is 0 Å². The highest BCUT2D eigenvalue weighted by atomic mass is 35.5. The van der Waals surface area contributed by atoms with Crippen LogP contribution in [0.25, 0.3) is 0 Å². The second-order valence-corrected chi connectivity index (χ2v) is 7.57. The van der Waals surface area contributed by atoms with E-state index < -0.39 is 0 Å². The van der Waals surface area contributed by atoms with Gasteiger partial charge in [-0.25, -0.2) is 0 Å². The smallest absolute Gasteiger partial charge is 0.223 e. The fraction of sp³-hybridized carbons (Fsp3) is 0.368. The molecule has 1 aliphatic rings. The third-order valence-corrected chi connectivity index (χ3v) is 5.57. The summed E-state index contributed by atoms with van der Waals surface area (Å²) in [4.78, 5) is 29.3. The van der Waals surface area contributed by atoms with Crippen LogP contribution in [-0.2, 0) is 11.3 Å². The van der Waals surface area contributed by atoms with Crippen molar-refractivity contribution in [2.24, 2.45) is 0 Å². The molecule has 0 spiro atoms. The topological polar surface area (TPSA) is 40.6 Å². The van der Waals surface area contributed by atoms with E-state index in [0.717, 1.165) is 42.6 Å². The Kier molecular flexibility index (Phi) is 6.24. The molecule has 0 atom stereocenters. The van der Waals surface area contributed by atoms with Crippen molar-refractivity contribution in [2.45, 2.75) is 19.4 Å². The van der Waals surface area contributed by atoms with Crippen LogP contribution in [0.2, 0.25) is 5.02 Å². The van der Waals surface area contributed by atoms with Gasteiger partial charge in [0, 0.05) is 50.6 Å². The summed E-state index contributed by atoms with van der Waals surface area (Å²) in [7, 11) is 0. The van der Waals surface area contributed by atoms with Crippen LogP contribution in [0.4, 0.5) is 0 Å². The average Bonchev–Trinajstić information content (AvgIpc) is 3.17. The minimum Gasteiger partial charge on any atom is -0.340 e. The first-order valence-electron chi connectivity index (χ1n) is 8.43. The van der Waals surface area contributed by atoms with E-state index in [1.807, 2.05) is 46.7 Å². The Hall–Kier alpha value is -1.69. The van der Waals surface area contributed by atoms with Crippen LogP contribution in [0.3, 0.4) is 0 Å². The number of carbonyl (C=O) groups excluding carboxylic acids is 2. The zero-order valence-corrected chi connectivity index (χ0v) is 15.6. The molecule has 3 rings (SSSR count). The van der Waals surface area contributed by atoms with Crippen molar-refractivity contribution in [1.82, 2.24) is 9.80 Å². The van der Waals surface area contributed by atoms with E-state index in [1.165, 1.54) is 16.9 Å². The second-order valence-electron chi connectivity index (χ2n) is 6.18. The average molecular weight is 377 g/mol. The first kappa shape index (κ1) is 18.1. The Labute approximate surface area is 157 Å². The lowest BCUT2D eigenvalue weighted by Gasteiger charge is -2.34. The van der Waals surface area contributed by atoms with Crippen LogP contribution in [0.1, 0.15) is 28.1 Å². The summed E-state index contributed by atoms with van der Waals surface area (Å²) < 4.78 is 0. The van der Waals surface area contributed by atoms with Gasteiger partial charge in [-0.05, 0) is 29.1 Å². The molecule has 0 radical (unpaired) electrons. The number of amides is 1. The number of ketones is 1. The largest absolute Gasteiger partial charge is 0.340 e. The molecule has 1 aliphatic heterocycles. The molecule has 6 heteroatoms. The Morgan fingerprint density at radius 3 is 2.36 bits per heavy atom. The Morgan fingerprint density at radius 1 is 1.00 bits per heavy atom. The molecule has 132 valence electrons. The summed E-state index contributed by atoms with van der Waals surface area (Å²) in [5.41, 5.74) is 1.23. The monoisotopic (exact) mass is 376 g/mol. The first-order chi connectivity index (χ1) is 12.1. The van der Waals surface area contributed by atoms with Gasteiger partial charge in [-0.2, -0.15) is 0 Å². The molecule has 0 aliphatic carbocycles. The molecule has 0 bridgehead atoms. The standard InChI is InChI=1S/C19H21ClN2O2S/c20-16-5-3-15(4-6-16)14-21-9-11-22(12-10-21)19(24)8-7-17(23)18-2-1-13-25-18/h1-6,13H,7-12,14H2. The molecular formula is C19H21ClN2O2S. The lowest BCUT2D eigenvalue weighted by atomic mass is 10.1. The molecule has 0 N–H and O–H groups in total. The number of halogens is 1. The summed E-state index contributed by atoms with van der Waals surface area (Å²) in [5, 5.41) is 2.63. The molecular weight excluding hydrogens is 356 g/mol. The fourth-order valence-corrected chi connectivity index (χ4v) is 3.76. The van der Waals surface area contributed by atoms with Gasteiger partial charge in [-0.3, -0.25) is 14.5 Å². The summed E-state index contributed by atoms with van der Waals surface area (Å²) >= 11 is 7.34. The normalized spacial score (nSPS) is 15.3. The predicted octanol–water partition coefficient (Wildman–Crippen LogP) is 3.71. The summed E-state index contributed by atoms with van der Waals surface area (Å²) in [6, 6.07) is 11.6. The van der Waals surface area contributed by atoms with Gasteiger partial charge in [0.2, 0.25) is 5.91 Å². The quantitative estimate of drug-likeness (QED) is 0.721. The lowest BCUT2D eigenvalue weighted by Crippen LogP contribution is -2.48. The number of hydrogen-bond acceptors (Lipinski definition) is 4. The summed E-state index contributed by atoms with van der Waals surface area (Å²) in [6.45, 7) is 4.02. The molecule has 1 fully saturated rings. The third kappa shape index (κ3) is 5.14. The van der Waals surface area contributed by atoms with Crippen molar-refractivity contribution in [3.63, 3.8) is 0 Å². The SMILES string of the molecule is O=C(CCC(=O)N1CCN(Cc2ccc(Cl)cc2)CC1)c1cccs1. The maximum absolute atomic E-state index is 12.3. The molecule has 1 aromatic carbocycles. The van der Waals surface area contributed by atoms with Gasteiger partial charge in [0.15, 0.2) is 5.78 Å². The summed E-state index contributed by atoms with van der Waals surface area (Å²) in [5.74, 6) is 0.140. The molecule has 1 amide bonds. The highest BCUT2D eigenvalue weighted by molar-refractivity contribution is 7.12. The molecule has 4 nitrogen and oxygen atoms in total. The number of rotatable bonds is 6. The molecule has 0 saturated carbocycles. The van der Waals surface area contributed by atoms with Crippen molar-refractivity contribution in [1.29, 1.82) is 0 Å². The maximum Gasteiger partial charge on any atom is 0.223 e. The van der Waals surface area contributed by atoms with Crippen molar-refractivity contribution in [2.75, 3.05) is 26.2 Å². The van der Waals surface area contributed by atoms with Crippen LogP contribution in [0, 0.1) is 0 Å². The van der Waals surface area contributed by atoms with E-state index in [-0.39, 0.29) is 11.7 Å². The Balaban J connectivity index is 1.41. The molecule has 0 unspecified atom stereocenters. The minimum atomic E-state index is 0.0599. The van der Waals surface area contributed by atoms with Gasteiger partial charge in [0.1, 0.15) is 0 Å². The van der Waals surface area contributed by atoms with Crippen LogP contribution < -0.4 is 0 Å². The van der Waals surface area contributed by atoms with E-state index in [1.54, 1.807) is 0 Å². The summed E-state index contributed by atoms with van der Waals surface area (Å²) in [6.07, 6.45) is 0.595. The van der Waals surface area contributed by atoms with Gasteiger partial charge in [-0.1, -0.05) is 29.8 Å². The van der Waals surface area contributed by atoms with Crippen molar-refractivity contribution >= 4 is 34.6 Å². The first-order valence-corrected chi connectivity index (χ1v) is 9.69. The van der Waals surface area contributed by atoms with Gasteiger partial charge < -0.3 is 4.90 Å². The lowest BCUT2D eigenvalue weighted by molar-refractivity contribution is -0.132. The second kappa shape index (κ2) is 8.61. The van der Waals surface area contributed by atoms with E-state index in [9.17, 15) is 9.59 Å². The molecule has 1 saturated heterocycles. The predicted molar refractivity (Wildman–Crippen MR) is 101 cm³/mol. The number of benzene rings is 1. The van der Waals surface area contributed by atoms with Gasteiger partial charge in [0.25, 0.3) is 0 Å². The number of Topliss-reactive ketones (excluding diaryl/α,β-unsaturated/α-hetero) is 1.